The number of anilines is 2. The van der Waals surface area contributed by atoms with Crippen molar-refractivity contribution >= 4 is 17.3 Å². The number of pyridine rings is 1. The standard InChI is InChI=1S/C23H24N2O4/c1-23(2,22(26)27)29-18-12-8-11-17(15-18)25(3)20-14-13-19(24-21(20)28-4)16-9-6-5-7-10-16/h5-15H,1-4H3,(H,26,27). The summed E-state index contributed by atoms with van der Waals surface area (Å²) in [5.74, 6) is -0.0701. The van der Waals surface area contributed by atoms with Gasteiger partial charge in [-0.15, -0.1) is 0 Å². The van der Waals surface area contributed by atoms with Gasteiger partial charge in [0.1, 0.15) is 11.4 Å². The van der Waals surface area contributed by atoms with Crippen molar-refractivity contribution in [3.05, 3.63) is 66.7 Å². The molecule has 6 nitrogen and oxygen atoms in total. The molecule has 0 spiro atoms. The summed E-state index contributed by atoms with van der Waals surface area (Å²) in [4.78, 5) is 17.9. The summed E-state index contributed by atoms with van der Waals surface area (Å²) in [6.45, 7) is 3.03. The fraction of sp³-hybridized carbons (Fsp3) is 0.217. The third kappa shape index (κ3) is 4.48. The van der Waals surface area contributed by atoms with Crippen molar-refractivity contribution < 1.29 is 19.4 Å². The third-order valence-corrected chi connectivity index (χ3v) is 4.56. The number of hydrogen-bond acceptors (Lipinski definition) is 5. The first-order valence-electron chi connectivity index (χ1n) is 9.18. The van der Waals surface area contributed by atoms with Gasteiger partial charge in [-0.2, -0.15) is 0 Å². The van der Waals surface area contributed by atoms with Gasteiger partial charge in [0, 0.05) is 24.4 Å². The number of ether oxygens (including phenoxy) is 2. The molecule has 1 aromatic heterocycles. The van der Waals surface area contributed by atoms with Crippen molar-refractivity contribution in [1.29, 1.82) is 0 Å². The number of carboxylic acids is 1. The minimum absolute atomic E-state index is 0.467. The zero-order chi connectivity index (χ0) is 21.0. The number of nitrogens with zero attached hydrogens (tertiary/aromatic N) is 2. The van der Waals surface area contributed by atoms with Crippen LogP contribution in [0, 0.1) is 0 Å². The van der Waals surface area contributed by atoms with Crippen molar-refractivity contribution in [2.45, 2.75) is 19.4 Å². The fourth-order valence-electron chi connectivity index (χ4n) is 2.84. The number of carboxylic acid groups (broad SMARTS) is 1. The van der Waals surface area contributed by atoms with Crippen LogP contribution in [0.2, 0.25) is 0 Å². The van der Waals surface area contributed by atoms with Crippen LogP contribution in [0.4, 0.5) is 11.4 Å². The average molecular weight is 392 g/mol. The lowest BCUT2D eigenvalue weighted by atomic mass is 10.1. The molecule has 1 N–H and O–H groups in total. The highest BCUT2D eigenvalue weighted by Crippen LogP contribution is 2.35. The van der Waals surface area contributed by atoms with E-state index in [1.54, 1.807) is 19.2 Å². The van der Waals surface area contributed by atoms with Gasteiger partial charge >= 0.3 is 5.97 Å². The summed E-state index contributed by atoms with van der Waals surface area (Å²) >= 11 is 0. The minimum Gasteiger partial charge on any atom is -0.479 e. The van der Waals surface area contributed by atoms with Gasteiger partial charge < -0.3 is 19.5 Å². The zero-order valence-electron chi connectivity index (χ0n) is 16.9. The Hall–Kier alpha value is -3.54. The first kappa shape index (κ1) is 20.2. The molecule has 0 saturated carbocycles. The molecule has 0 aliphatic carbocycles. The Morgan fingerprint density at radius 2 is 1.76 bits per heavy atom. The topological polar surface area (TPSA) is 71.9 Å². The van der Waals surface area contributed by atoms with Crippen LogP contribution in [0.25, 0.3) is 11.3 Å². The van der Waals surface area contributed by atoms with Crippen molar-refractivity contribution in [1.82, 2.24) is 4.98 Å². The van der Waals surface area contributed by atoms with Gasteiger partial charge in [0.2, 0.25) is 5.88 Å². The molecule has 0 bridgehead atoms. The summed E-state index contributed by atoms with van der Waals surface area (Å²) in [6.07, 6.45) is 0. The largest absolute Gasteiger partial charge is 0.479 e. The molecule has 150 valence electrons. The van der Waals surface area contributed by atoms with Gasteiger partial charge in [-0.1, -0.05) is 36.4 Å². The van der Waals surface area contributed by atoms with E-state index < -0.39 is 11.6 Å². The molecule has 0 radical (unpaired) electrons. The molecule has 1 heterocycles. The van der Waals surface area contributed by atoms with Crippen molar-refractivity contribution in [3.63, 3.8) is 0 Å². The molecule has 0 aliphatic heterocycles. The van der Waals surface area contributed by atoms with Gasteiger partial charge in [0.15, 0.2) is 5.60 Å². The quantitative estimate of drug-likeness (QED) is 0.625. The smallest absolute Gasteiger partial charge is 0.347 e. The van der Waals surface area contributed by atoms with Crippen LogP contribution in [0.1, 0.15) is 13.8 Å². The summed E-state index contributed by atoms with van der Waals surface area (Å²) in [7, 11) is 3.48. The number of hydrogen-bond donors (Lipinski definition) is 1. The zero-order valence-corrected chi connectivity index (χ0v) is 16.9. The van der Waals surface area contributed by atoms with Crippen molar-refractivity contribution in [2.75, 3.05) is 19.1 Å². The Labute approximate surface area is 170 Å². The lowest BCUT2D eigenvalue weighted by molar-refractivity contribution is -0.152. The Morgan fingerprint density at radius 1 is 1.03 bits per heavy atom. The van der Waals surface area contributed by atoms with Gasteiger partial charge in [0.05, 0.1) is 12.8 Å². The molecule has 0 amide bonds. The molecule has 0 fully saturated rings. The number of methoxy groups -OCH3 is 1. The van der Waals surface area contributed by atoms with E-state index in [4.69, 9.17) is 9.47 Å². The summed E-state index contributed by atoms with van der Waals surface area (Å²) in [5, 5.41) is 9.29. The Bertz CT molecular complexity index is 1000. The highest BCUT2D eigenvalue weighted by atomic mass is 16.5. The number of rotatable bonds is 7. The number of aliphatic carboxylic acids is 1. The summed E-state index contributed by atoms with van der Waals surface area (Å²) in [6, 6.07) is 21.0. The molecule has 3 aromatic rings. The van der Waals surface area contributed by atoms with E-state index in [1.807, 2.05) is 66.5 Å². The van der Waals surface area contributed by atoms with Crippen LogP contribution in [0.3, 0.4) is 0 Å². The number of aromatic nitrogens is 1. The Morgan fingerprint density at radius 3 is 2.41 bits per heavy atom. The van der Waals surface area contributed by atoms with Crippen molar-refractivity contribution in [3.8, 4) is 22.9 Å². The predicted molar refractivity (Wildman–Crippen MR) is 113 cm³/mol. The average Bonchev–Trinajstić information content (AvgIpc) is 2.73. The molecule has 0 saturated heterocycles. The highest BCUT2D eigenvalue weighted by molar-refractivity contribution is 5.77. The first-order chi connectivity index (χ1) is 13.8. The highest BCUT2D eigenvalue weighted by Gasteiger charge is 2.29. The van der Waals surface area contributed by atoms with Crippen LogP contribution < -0.4 is 14.4 Å². The molecule has 29 heavy (non-hydrogen) atoms. The lowest BCUT2D eigenvalue weighted by Gasteiger charge is -2.24. The van der Waals surface area contributed by atoms with E-state index in [0.29, 0.717) is 11.6 Å². The van der Waals surface area contributed by atoms with Crippen LogP contribution in [0.5, 0.6) is 11.6 Å². The molecule has 0 atom stereocenters. The lowest BCUT2D eigenvalue weighted by Crippen LogP contribution is -2.37. The fourth-order valence-corrected chi connectivity index (χ4v) is 2.84. The van der Waals surface area contributed by atoms with Crippen LogP contribution >= 0.6 is 0 Å². The van der Waals surface area contributed by atoms with E-state index in [9.17, 15) is 9.90 Å². The third-order valence-electron chi connectivity index (χ3n) is 4.56. The second-order valence-electron chi connectivity index (χ2n) is 7.06. The van der Waals surface area contributed by atoms with Crippen molar-refractivity contribution in [2.24, 2.45) is 0 Å². The Balaban J connectivity index is 1.91. The second kappa shape index (κ2) is 8.22. The van der Waals surface area contributed by atoms with Crippen LogP contribution in [-0.4, -0.2) is 35.8 Å². The predicted octanol–water partition coefficient (Wildman–Crippen LogP) is 4.77. The van der Waals surface area contributed by atoms with Crippen LogP contribution in [0.15, 0.2) is 66.7 Å². The summed E-state index contributed by atoms with van der Waals surface area (Å²) in [5.41, 5.74) is 2.09. The minimum atomic E-state index is -1.33. The molecule has 3 rings (SSSR count). The van der Waals surface area contributed by atoms with E-state index in [-0.39, 0.29) is 0 Å². The van der Waals surface area contributed by atoms with Gasteiger partial charge in [0.25, 0.3) is 0 Å². The SMILES string of the molecule is COc1nc(-c2ccccc2)ccc1N(C)c1cccc(OC(C)(C)C(=O)O)c1. The molecule has 2 aromatic carbocycles. The number of carbonyl (C=O) groups is 1. The van der Waals surface area contributed by atoms with E-state index in [2.05, 4.69) is 4.98 Å². The van der Waals surface area contributed by atoms with Gasteiger partial charge in [-0.3, -0.25) is 0 Å². The van der Waals surface area contributed by atoms with E-state index in [0.717, 1.165) is 22.6 Å². The molecule has 0 aliphatic rings. The maximum absolute atomic E-state index is 11.3. The van der Waals surface area contributed by atoms with Gasteiger partial charge in [-0.25, -0.2) is 9.78 Å². The molecular weight excluding hydrogens is 368 g/mol. The maximum atomic E-state index is 11.3. The second-order valence-corrected chi connectivity index (χ2v) is 7.06. The Kier molecular flexibility index (Phi) is 5.73. The molecular formula is C23H24N2O4. The number of benzene rings is 2. The molecule has 6 heteroatoms. The normalized spacial score (nSPS) is 11.0. The van der Waals surface area contributed by atoms with Gasteiger partial charge in [-0.05, 0) is 38.1 Å². The monoisotopic (exact) mass is 392 g/mol. The molecule has 0 unspecified atom stereocenters. The van der Waals surface area contributed by atoms with E-state index >= 15 is 0 Å². The van der Waals surface area contributed by atoms with Crippen LogP contribution in [-0.2, 0) is 4.79 Å². The first-order valence-corrected chi connectivity index (χ1v) is 9.18. The van der Waals surface area contributed by atoms with E-state index in [1.165, 1.54) is 13.8 Å². The summed E-state index contributed by atoms with van der Waals surface area (Å²) < 4.78 is 11.2. The maximum Gasteiger partial charge on any atom is 0.347 e.